The van der Waals surface area contributed by atoms with Crippen LogP contribution in [0.1, 0.15) is 23.6 Å². The molecule has 0 saturated carbocycles. The van der Waals surface area contributed by atoms with Gasteiger partial charge in [-0.2, -0.15) is 0 Å². The van der Waals surface area contributed by atoms with Crippen molar-refractivity contribution >= 4 is 24.4 Å². The molecular weight excluding hydrogens is 376 g/mol. The number of nitro benzene ring substituents is 1. The molecule has 0 N–H and O–H groups in total. The number of hydrogen-bond acceptors (Lipinski definition) is 6. The second-order valence-corrected chi connectivity index (χ2v) is 6.64. The highest BCUT2D eigenvalue weighted by atomic mass is 16.6. The summed E-state index contributed by atoms with van der Waals surface area (Å²) in [4.78, 5) is 35.7. The maximum Gasteiger partial charge on any atom is 0.414 e. The highest BCUT2D eigenvalue weighted by Gasteiger charge is 2.12. The molecule has 0 unspecified atom stereocenters. The van der Waals surface area contributed by atoms with Crippen LogP contribution in [0.15, 0.2) is 45.3 Å². The molecule has 8 nitrogen and oxygen atoms in total. The Morgan fingerprint density at radius 3 is 2.69 bits per heavy atom. The molecule has 0 spiro atoms. The molecule has 0 aliphatic carbocycles. The summed E-state index contributed by atoms with van der Waals surface area (Å²) in [6.07, 6.45) is 2.89. The number of amides is 1. The third-order valence-electron chi connectivity index (χ3n) is 4.22. The summed E-state index contributed by atoms with van der Waals surface area (Å²) < 4.78 is 10.4. The molecule has 1 heterocycles. The summed E-state index contributed by atoms with van der Waals surface area (Å²) in [5, 5.41) is 11.5. The fourth-order valence-corrected chi connectivity index (χ4v) is 2.62. The smallest absolute Gasteiger partial charge is 0.414 e. The van der Waals surface area contributed by atoms with Gasteiger partial charge in [-0.3, -0.25) is 10.1 Å². The molecule has 2 aromatic rings. The summed E-state index contributed by atoms with van der Waals surface area (Å²) in [5.41, 5.74) is 1.21. The van der Waals surface area contributed by atoms with E-state index in [0.717, 1.165) is 0 Å². The number of rotatable bonds is 5. The van der Waals surface area contributed by atoms with Gasteiger partial charge in [-0.1, -0.05) is 18.7 Å². The minimum Gasteiger partial charge on any atom is -0.423 e. The van der Waals surface area contributed by atoms with Crippen LogP contribution in [0.3, 0.4) is 0 Å². The van der Waals surface area contributed by atoms with Crippen LogP contribution >= 0.6 is 0 Å². The van der Waals surface area contributed by atoms with Crippen molar-refractivity contribution in [1.82, 2.24) is 4.90 Å². The molecule has 0 aliphatic heterocycles. The van der Waals surface area contributed by atoms with Gasteiger partial charge < -0.3 is 14.1 Å². The van der Waals surface area contributed by atoms with Crippen LogP contribution in [0.25, 0.3) is 12.7 Å². The maximum atomic E-state index is 12.4. The van der Waals surface area contributed by atoms with Gasteiger partial charge in [0.05, 0.1) is 4.92 Å². The molecule has 0 atom stereocenters. The number of ether oxygens (including phenoxy) is 1. The second kappa shape index (κ2) is 9.01. The Morgan fingerprint density at radius 2 is 2.07 bits per heavy atom. The summed E-state index contributed by atoms with van der Waals surface area (Å²) in [5.74, 6) is 0.355. The van der Waals surface area contributed by atoms with Crippen LogP contribution in [0.2, 0.25) is 0 Å². The van der Waals surface area contributed by atoms with Crippen molar-refractivity contribution in [1.29, 1.82) is 0 Å². The molecule has 8 heteroatoms. The Balaban J connectivity index is 2.46. The van der Waals surface area contributed by atoms with E-state index >= 15 is 0 Å². The Bertz CT molecular complexity index is 1140. The summed E-state index contributed by atoms with van der Waals surface area (Å²) in [6.45, 7) is 7.14. The lowest BCUT2D eigenvalue weighted by molar-refractivity contribution is -0.384. The predicted octanol–water partition coefficient (Wildman–Crippen LogP) is 2.24. The quantitative estimate of drug-likeness (QED) is 0.435. The molecule has 0 saturated heterocycles. The van der Waals surface area contributed by atoms with E-state index in [1.807, 2.05) is 0 Å². The van der Waals surface area contributed by atoms with Crippen LogP contribution in [-0.4, -0.2) is 30.0 Å². The first-order valence-electron chi connectivity index (χ1n) is 8.72. The van der Waals surface area contributed by atoms with E-state index in [2.05, 4.69) is 6.58 Å². The molecule has 0 fully saturated rings. The van der Waals surface area contributed by atoms with Gasteiger partial charge in [-0.25, -0.2) is 9.59 Å². The zero-order valence-corrected chi connectivity index (χ0v) is 16.7. The number of nitrogens with zero attached hydrogens (tertiary/aromatic N) is 2. The largest absolute Gasteiger partial charge is 0.423 e. The topological polar surface area (TPSA) is 103 Å². The second-order valence-electron chi connectivity index (χ2n) is 6.64. The first-order valence-corrected chi connectivity index (χ1v) is 8.72. The Kier molecular flexibility index (Phi) is 6.71. The summed E-state index contributed by atoms with van der Waals surface area (Å²) in [6, 6.07) is 6.08. The molecule has 0 radical (unpaired) electrons. The van der Waals surface area contributed by atoms with Crippen molar-refractivity contribution < 1.29 is 18.9 Å². The zero-order valence-electron chi connectivity index (χ0n) is 16.7. The van der Waals surface area contributed by atoms with Gasteiger partial charge in [0.2, 0.25) is 0 Å². The van der Waals surface area contributed by atoms with Gasteiger partial charge in [-0.15, -0.1) is 0 Å². The van der Waals surface area contributed by atoms with Gasteiger partial charge in [0.1, 0.15) is 11.2 Å². The zero-order chi connectivity index (χ0) is 21.7. The minimum absolute atomic E-state index is 0.0497. The first kappa shape index (κ1) is 21.6. The average molecular weight is 398 g/mol. The van der Waals surface area contributed by atoms with Gasteiger partial charge in [0.15, 0.2) is 0 Å². The number of benzene rings is 1. The molecular formula is C21H22N2O6. The van der Waals surface area contributed by atoms with E-state index in [9.17, 15) is 19.7 Å². The third kappa shape index (κ3) is 5.41. The number of hydrogen-bond donors (Lipinski definition) is 0. The standard InChI is InChI=1S/C21H22N2O6/c1-13(28-21(25)22(4)5)9-10-18-14(2)19(20(24)29-15(18)3)12-16-7-6-8-17(11-16)23(26)27/h6-11H,3,12H2,1-2,4-5H3/b13-9+,18-10-. The molecule has 0 bridgehead atoms. The van der Waals surface area contributed by atoms with Crippen molar-refractivity contribution in [2.24, 2.45) is 0 Å². The van der Waals surface area contributed by atoms with Crippen molar-refractivity contribution in [3.8, 4) is 0 Å². The SMILES string of the molecule is C=c1oc(=O)c(Cc2cccc([N+](=O)[O-])c2)c(C)/c1=C/C=C(\C)OC(=O)N(C)C. The van der Waals surface area contributed by atoms with E-state index in [1.165, 1.54) is 17.0 Å². The Hall–Kier alpha value is -3.68. The fraction of sp³-hybridized carbons (Fsp3) is 0.238. The van der Waals surface area contributed by atoms with Gasteiger partial charge in [-0.05, 0) is 37.1 Å². The molecule has 1 aromatic carbocycles. The monoisotopic (exact) mass is 398 g/mol. The van der Waals surface area contributed by atoms with E-state index < -0.39 is 16.6 Å². The van der Waals surface area contributed by atoms with E-state index in [1.54, 1.807) is 52.2 Å². The van der Waals surface area contributed by atoms with Gasteiger partial charge in [0, 0.05) is 43.4 Å². The van der Waals surface area contributed by atoms with Crippen LogP contribution in [0.5, 0.6) is 0 Å². The van der Waals surface area contributed by atoms with Gasteiger partial charge in [0.25, 0.3) is 5.69 Å². The predicted molar refractivity (Wildman–Crippen MR) is 109 cm³/mol. The number of carbonyl (C=O) groups excluding carboxylic acids is 1. The number of carbonyl (C=O) groups is 1. The lowest BCUT2D eigenvalue weighted by atomic mass is 10.0. The van der Waals surface area contributed by atoms with Crippen molar-refractivity contribution in [3.05, 3.63) is 84.0 Å². The number of allylic oxidation sites excluding steroid dienone is 2. The van der Waals surface area contributed by atoms with Crippen LogP contribution < -0.4 is 16.3 Å². The Morgan fingerprint density at radius 1 is 1.38 bits per heavy atom. The maximum absolute atomic E-state index is 12.4. The average Bonchev–Trinajstić information content (AvgIpc) is 2.64. The number of non-ortho nitro benzene ring substituents is 1. The van der Waals surface area contributed by atoms with Crippen LogP contribution in [0, 0.1) is 17.0 Å². The van der Waals surface area contributed by atoms with E-state index in [0.29, 0.717) is 27.7 Å². The molecule has 2 rings (SSSR count). The van der Waals surface area contributed by atoms with Crippen molar-refractivity contribution in [2.45, 2.75) is 20.3 Å². The molecule has 0 aliphatic rings. The normalized spacial score (nSPS) is 12.0. The van der Waals surface area contributed by atoms with E-state index in [-0.39, 0.29) is 17.5 Å². The van der Waals surface area contributed by atoms with Crippen molar-refractivity contribution in [3.63, 3.8) is 0 Å². The highest BCUT2D eigenvalue weighted by Crippen LogP contribution is 2.15. The molecule has 1 amide bonds. The minimum atomic E-state index is -0.545. The number of nitro groups is 1. The lowest BCUT2D eigenvalue weighted by Gasteiger charge is -2.10. The molecule has 152 valence electrons. The molecule has 29 heavy (non-hydrogen) atoms. The van der Waals surface area contributed by atoms with Gasteiger partial charge >= 0.3 is 11.7 Å². The van der Waals surface area contributed by atoms with Crippen molar-refractivity contribution in [2.75, 3.05) is 14.1 Å². The summed E-state index contributed by atoms with van der Waals surface area (Å²) in [7, 11) is 3.15. The fourth-order valence-electron chi connectivity index (χ4n) is 2.62. The van der Waals surface area contributed by atoms with E-state index in [4.69, 9.17) is 9.15 Å². The lowest BCUT2D eigenvalue weighted by Crippen LogP contribution is -2.33. The third-order valence-corrected chi connectivity index (χ3v) is 4.22. The summed E-state index contributed by atoms with van der Waals surface area (Å²) >= 11 is 0. The highest BCUT2D eigenvalue weighted by molar-refractivity contribution is 5.68. The Labute approximate surface area is 167 Å². The first-order chi connectivity index (χ1) is 13.6. The van der Waals surface area contributed by atoms with Crippen LogP contribution in [-0.2, 0) is 11.2 Å². The molecule has 1 aromatic heterocycles. The van der Waals surface area contributed by atoms with Crippen LogP contribution in [0.4, 0.5) is 10.5 Å².